The lowest BCUT2D eigenvalue weighted by atomic mass is 10.1. The fourth-order valence-electron chi connectivity index (χ4n) is 1.67. The fraction of sp³-hybridized carbons (Fsp3) is 0.286. The number of anilines is 1. The summed E-state index contributed by atoms with van der Waals surface area (Å²) in [5.74, 6) is 0.831. The van der Waals surface area contributed by atoms with E-state index in [0.717, 1.165) is 25.2 Å². The van der Waals surface area contributed by atoms with Gasteiger partial charge in [0.15, 0.2) is 0 Å². The molecule has 1 aromatic heterocycles. The molecule has 0 spiro atoms. The van der Waals surface area contributed by atoms with Gasteiger partial charge in [0.1, 0.15) is 5.82 Å². The Kier molecular flexibility index (Phi) is 4.08. The van der Waals surface area contributed by atoms with E-state index in [1.54, 1.807) is 18.6 Å². The van der Waals surface area contributed by atoms with E-state index in [0.29, 0.717) is 0 Å². The smallest absolute Gasteiger partial charge is 0.144 e. The van der Waals surface area contributed by atoms with Gasteiger partial charge in [-0.3, -0.25) is 4.98 Å². The molecule has 1 N–H and O–H groups in total. The highest BCUT2D eigenvalue weighted by Crippen LogP contribution is 2.06. The molecule has 1 heterocycles. The van der Waals surface area contributed by atoms with Crippen molar-refractivity contribution in [3.8, 4) is 0 Å². The molecule has 0 bridgehead atoms. The lowest BCUT2D eigenvalue weighted by Crippen LogP contribution is -2.06. The second-order valence-electron chi connectivity index (χ2n) is 3.94. The Morgan fingerprint density at radius 2 is 1.82 bits per heavy atom. The molecule has 17 heavy (non-hydrogen) atoms. The largest absolute Gasteiger partial charge is 0.368 e. The molecule has 88 valence electrons. The SMILES string of the molecule is CCc1ccc(CCNc2cnccn2)cc1. The summed E-state index contributed by atoms with van der Waals surface area (Å²) < 4.78 is 0. The van der Waals surface area contributed by atoms with E-state index < -0.39 is 0 Å². The third-order valence-corrected chi connectivity index (χ3v) is 2.71. The minimum atomic E-state index is 0.831. The number of aromatic nitrogens is 2. The van der Waals surface area contributed by atoms with Crippen LogP contribution >= 0.6 is 0 Å². The Bertz CT molecular complexity index is 437. The summed E-state index contributed by atoms with van der Waals surface area (Å²) in [6.07, 6.45) is 7.20. The van der Waals surface area contributed by atoms with Crippen LogP contribution in [0.15, 0.2) is 42.9 Å². The molecule has 0 radical (unpaired) electrons. The molecule has 3 heteroatoms. The molecule has 0 fully saturated rings. The molecular formula is C14H17N3. The van der Waals surface area contributed by atoms with E-state index in [-0.39, 0.29) is 0 Å². The second kappa shape index (κ2) is 5.99. The van der Waals surface area contributed by atoms with Gasteiger partial charge in [0, 0.05) is 18.9 Å². The third kappa shape index (κ3) is 3.55. The van der Waals surface area contributed by atoms with Crippen molar-refractivity contribution in [2.75, 3.05) is 11.9 Å². The van der Waals surface area contributed by atoms with E-state index >= 15 is 0 Å². The van der Waals surface area contributed by atoms with E-state index in [1.165, 1.54) is 11.1 Å². The van der Waals surface area contributed by atoms with Crippen molar-refractivity contribution in [3.63, 3.8) is 0 Å². The molecule has 0 amide bonds. The summed E-state index contributed by atoms with van der Waals surface area (Å²) in [7, 11) is 0. The van der Waals surface area contributed by atoms with Gasteiger partial charge in [-0.25, -0.2) is 4.98 Å². The molecule has 3 nitrogen and oxygen atoms in total. The highest BCUT2D eigenvalue weighted by molar-refractivity contribution is 5.30. The minimum absolute atomic E-state index is 0.831. The zero-order chi connectivity index (χ0) is 11.9. The monoisotopic (exact) mass is 227 g/mol. The highest BCUT2D eigenvalue weighted by atomic mass is 15.0. The number of aryl methyl sites for hydroxylation is 1. The van der Waals surface area contributed by atoms with Crippen LogP contribution in [-0.4, -0.2) is 16.5 Å². The second-order valence-corrected chi connectivity index (χ2v) is 3.94. The average molecular weight is 227 g/mol. The average Bonchev–Trinajstić information content (AvgIpc) is 2.41. The number of hydrogen-bond donors (Lipinski definition) is 1. The normalized spacial score (nSPS) is 10.2. The van der Waals surface area contributed by atoms with Crippen molar-refractivity contribution in [1.82, 2.24) is 9.97 Å². The van der Waals surface area contributed by atoms with Gasteiger partial charge in [0.05, 0.1) is 6.20 Å². The molecule has 0 aliphatic carbocycles. The quantitative estimate of drug-likeness (QED) is 0.853. The van der Waals surface area contributed by atoms with Gasteiger partial charge in [-0.2, -0.15) is 0 Å². The van der Waals surface area contributed by atoms with Crippen molar-refractivity contribution in [1.29, 1.82) is 0 Å². The standard InChI is InChI=1S/C14H17N3/c1-2-12-3-5-13(6-4-12)7-8-16-14-11-15-9-10-17-14/h3-6,9-11H,2,7-8H2,1H3,(H,16,17). The first kappa shape index (κ1) is 11.6. The summed E-state index contributed by atoms with van der Waals surface area (Å²) in [6, 6.07) is 8.77. The maximum atomic E-state index is 4.16. The third-order valence-electron chi connectivity index (χ3n) is 2.71. The van der Waals surface area contributed by atoms with Crippen molar-refractivity contribution in [2.24, 2.45) is 0 Å². The Hall–Kier alpha value is -1.90. The Balaban J connectivity index is 1.82. The molecule has 0 atom stereocenters. The van der Waals surface area contributed by atoms with E-state index in [9.17, 15) is 0 Å². The van der Waals surface area contributed by atoms with Gasteiger partial charge in [-0.15, -0.1) is 0 Å². The molecular weight excluding hydrogens is 210 g/mol. The van der Waals surface area contributed by atoms with E-state index in [4.69, 9.17) is 0 Å². The van der Waals surface area contributed by atoms with Crippen LogP contribution in [0.1, 0.15) is 18.1 Å². The van der Waals surface area contributed by atoms with Crippen LogP contribution in [-0.2, 0) is 12.8 Å². The number of nitrogens with zero attached hydrogens (tertiary/aromatic N) is 2. The summed E-state index contributed by atoms with van der Waals surface area (Å²) in [5.41, 5.74) is 2.73. The minimum Gasteiger partial charge on any atom is -0.368 e. The van der Waals surface area contributed by atoms with Crippen LogP contribution < -0.4 is 5.32 Å². The van der Waals surface area contributed by atoms with Gasteiger partial charge in [0.25, 0.3) is 0 Å². The molecule has 0 aliphatic heterocycles. The van der Waals surface area contributed by atoms with Crippen LogP contribution in [0.3, 0.4) is 0 Å². The van der Waals surface area contributed by atoms with Crippen molar-refractivity contribution >= 4 is 5.82 Å². The Morgan fingerprint density at radius 3 is 2.47 bits per heavy atom. The van der Waals surface area contributed by atoms with Crippen LogP contribution in [0.5, 0.6) is 0 Å². The number of rotatable bonds is 5. The molecule has 2 aromatic rings. The zero-order valence-electron chi connectivity index (χ0n) is 10.1. The molecule has 0 saturated carbocycles. The number of nitrogens with one attached hydrogen (secondary N) is 1. The van der Waals surface area contributed by atoms with Gasteiger partial charge in [-0.05, 0) is 24.0 Å². The fourth-order valence-corrected chi connectivity index (χ4v) is 1.67. The molecule has 1 aromatic carbocycles. The first-order valence-corrected chi connectivity index (χ1v) is 5.96. The first-order valence-electron chi connectivity index (χ1n) is 5.96. The van der Waals surface area contributed by atoms with E-state index in [2.05, 4.69) is 46.5 Å². The van der Waals surface area contributed by atoms with Crippen molar-refractivity contribution in [3.05, 3.63) is 54.0 Å². The zero-order valence-corrected chi connectivity index (χ0v) is 10.1. The molecule has 2 rings (SSSR count). The summed E-state index contributed by atoms with van der Waals surface area (Å²) in [4.78, 5) is 8.17. The van der Waals surface area contributed by atoms with Gasteiger partial charge in [0.2, 0.25) is 0 Å². The summed E-state index contributed by atoms with van der Waals surface area (Å²) >= 11 is 0. The topological polar surface area (TPSA) is 37.8 Å². The predicted octanol–water partition coefficient (Wildman–Crippen LogP) is 2.69. The van der Waals surface area contributed by atoms with Gasteiger partial charge < -0.3 is 5.32 Å². The molecule has 0 aliphatic rings. The van der Waals surface area contributed by atoms with Gasteiger partial charge >= 0.3 is 0 Å². The van der Waals surface area contributed by atoms with Crippen LogP contribution in [0, 0.1) is 0 Å². The molecule has 0 saturated heterocycles. The number of hydrogen-bond acceptors (Lipinski definition) is 3. The molecule has 0 unspecified atom stereocenters. The lowest BCUT2D eigenvalue weighted by molar-refractivity contribution is 0.995. The Labute approximate surface area is 102 Å². The van der Waals surface area contributed by atoms with Gasteiger partial charge in [-0.1, -0.05) is 31.2 Å². The number of benzene rings is 1. The van der Waals surface area contributed by atoms with Crippen LogP contribution in [0.25, 0.3) is 0 Å². The lowest BCUT2D eigenvalue weighted by Gasteiger charge is -2.05. The maximum Gasteiger partial charge on any atom is 0.144 e. The first-order chi connectivity index (χ1) is 8.38. The predicted molar refractivity (Wildman–Crippen MR) is 70.0 cm³/mol. The highest BCUT2D eigenvalue weighted by Gasteiger charge is 1.95. The summed E-state index contributed by atoms with van der Waals surface area (Å²) in [5, 5.41) is 3.25. The maximum absolute atomic E-state index is 4.16. The van der Waals surface area contributed by atoms with Crippen LogP contribution in [0.2, 0.25) is 0 Å². The Morgan fingerprint density at radius 1 is 1.06 bits per heavy atom. The van der Waals surface area contributed by atoms with E-state index in [1.807, 2.05) is 0 Å². The summed E-state index contributed by atoms with van der Waals surface area (Å²) in [6.45, 7) is 3.05. The van der Waals surface area contributed by atoms with Crippen LogP contribution in [0.4, 0.5) is 5.82 Å². The van der Waals surface area contributed by atoms with Crippen molar-refractivity contribution < 1.29 is 0 Å². The van der Waals surface area contributed by atoms with Crippen molar-refractivity contribution in [2.45, 2.75) is 19.8 Å².